The Morgan fingerprint density at radius 2 is 1.45 bits per heavy atom. The summed E-state index contributed by atoms with van der Waals surface area (Å²) in [5.41, 5.74) is -0.958. The molecule has 0 saturated heterocycles. The van der Waals surface area contributed by atoms with Gasteiger partial charge in [-0.1, -0.05) is 0 Å². The second kappa shape index (κ2) is 5.52. The Morgan fingerprint density at radius 3 is 2.00 bits per heavy atom. The van der Waals surface area contributed by atoms with Crippen molar-refractivity contribution >= 4 is 18.2 Å². The van der Waals surface area contributed by atoms with Crippen LogP contribution < -0.4 is 15.7 Å². The minimum absolute atomic E-state index is 0.0466. The second-order valence-corrected chi connectivity index (χ2v) is 4.11. The fourth-order valence-electron chi connectivity index (χ4n) is 1.79. The van der Waals surface area contributed by atoms with Gasteiger partial charge in [0.25, 0.3) is 0 Å². The largest absolute Gasteiger partial charge is 0.497 e. The molecule has 2 aromatic rings. The first kappa shape index (κ1) is 14.4. The predicted octanol–water partition coefficient (Wildman–Crippen LogP) is 1.78. The van der Waals surface area contributed by atoms with E-state index in [-0.39, 0.29) is 5.75 Å². The van der Waals surface area contributed by atoms with Crippen molar-refractivity contribution in [3.8, 4) is 5.75 Å². The number of halogens is 5. The molecule has 0 amide bonds. The minimum atomic E-state index is -1.41. The maximum atomic E-state index is 13.7. The molecule has 0 spiro atoms. The number of rotatable bonds is 3. The summed E-state index contributed by atoms with van der Waals surface area (Å²) in [4.78, 5) is 0. The summed E-state index contributed by atoms with van der Waals surface area (Å²) < 4.78 is 71.6. The molecule has 0 aliphatic rings. The molecule has 2 aromatic carbocycles. The summed E-state index contributed by atoms with van der Waals surface area (Å²) in [6, 6.07) is 2.87. The molecular formula is C13H8BF5O. The van der Waals surface area contributed by atoms with Crippen LogP contribution >= 0.6 is 0 Å². The van der Waals surface area contributed by atoms with Crippen LogP contribution in [0.25, 0.3) is 0 Å². The Morgan fingerprint density at radius 1 is 0.850 bits per heavy atom. The lowest BCUT2D eigenvalue weighted by atomic mass is 9.63. The van der Waals surface area contributed by atoms with Gasteiger partial charge >= 0.3 is 0 Å². The van der Waals surface area contributed by atoms with Crippen molar-refractivity contribution in [2.45, 2.75) is 0 Å². The topological polar surface area (TPSA) is 9.23 Å². The quantitative estimate of drug-likeness (QED) is 0.475. The number of hydrogen-bond acceptors (Lipinski definition) is 1. The van der Waals surface area contributed by atoms with Gasteiger partial charge in [-0.15, -0.1) is 0 Å². The molecule has 1 nitrogen and oxygen atoms in total. The fourth-order valence-corrected chi connectivity index (χ4v) is 1.79. The Labute approximate surface area is 112 Å². The number of ether oxygens (including phenoxy) is 1. The second-order valence-electron chi connectivity index (χ2n) is 4.11. The SMILES string of the molecule is COc1cc(F)c(Bc2cc(F)cc(F)c2F)c(F)c1. The highest BCUT2D eigenvalue weighted by atomic mass is 19.2. The third kappa shape index (κ3) is 2.76. The fraction of sp³-hybridized carbons (Fsp3) is 0.0769. The Hall–Kier alpha value is -2.05. The molecule has 7 heteroatoms. The zero-order chi connectivity index (χ0) is 14.9. The van der Waals surface area contributed by atoms with Crippen molar-refractivity contribution in [1.29, 1.82) is 0 Å². The lowest BCUT2D eigenvalue weighted by molar-refractivity contribution is 0.407. The highest BCUT2D eigenvalue weighted by Gasteiger charge is 2.18. The summed E-state index contributed by atoms with van der Waals surface area (Å²) in [5, 5.41) is 0. The molecule has 0 heterocycles. The summed E-state index contributed by atoms with van der Waals surface area (Å²) in [5.74, 6) is -5.77. The van der Waals surface area contributed by atoms with Crippen LogP contribution in [0.5, 0.6) is 5.75 Å². The first-order chi connectivity index (χ1) is 9.42. The van der Waals surface area contributed by atoms with Crippen LogP contribution in [0, 0.1) is 29.1 Å². The molecule has 0 radical (unpaired) electrons. The van der Waals surface area contributed by atoms with Gasteiger partial charge in [-0.25, -0.2) is 22.0 Å². The Kier molecular flexibility index (Phi) is 3.97. The van der Waals surface area contributed by atoms with E-state index in [2.05, 4.69) is 4.74 Å². The van der Waals surface area contributed by atoms with Gasteiger partial charge < -0.3 is 4.74 Å². The van der Waals surface area contributed by atoms with E-state index in [9.17, 15) is 22.0 Å². The van der Waals surface area contributed by atoms with Crippen LogP contribution in [-0.4, -0.2) is 14.4 Å². The summed E-state index contributed by atoms with van der Waals surface area (Å²) in [6.07, 6.45) is 0. The normalized spacial score (nSPS) is 10.5. The Balaban J connectivity index is 2.45. The first-order valence-electron chi connectivity index (χ1n) is 5.57. The van der Waals surface area contributed by atoms with Gasteiger partial charge in [0.1, 0.15) is 23.2 Å². The van der Waals surface area contributed by atoms with Crippen molar-refractivity contribution in [1.82, 2.24) is 0 Å². The van der Waals surface area contributed by atoms with E-state index in [0.29, 0.717) is 12.1 Å². The van der Waals surface area contributed by atoms with E-state index in [4.69, 9.17) is 0 Å². The molecule has 0 bridgehead atoms. The molecule has 0 aliphatic carbocycles. The van der Waals surface area contributed by atoms with Crippen molar-refractivity contribution in [2.24, 2.45) is 0 Å². The molecule has 0 atom stereocenters. The van der Waals surface area contributed by atoms with E-state index in [1.165, 1.54) is 7.11 Å². The van der Waals surface area contributed by atoms with E-state index in [0.717, 1.165) is 12.1 Å². The van der Waals surface area contributed by atoms with Gasteiger partial charge in [-0.2, -0.15) is 0 Å². The smallest absolute Gasteiger partial charge is 0.204 e. The van der Waals surface area contributed by atoms with Gasteiger partial charge in [0.15, 0.2) is 11.6 Å². The van der Waals surface area contributed by atoms with Gasteiger partial charge in [0.05, 0.1) is 7.11 Å². The molecule has 0 unspecified atom stereocenters. The van der Waals surface area contributed by atoms with Crippen LogP contribution in [0.1, 0.15) is 0 Å². The molecule has 104 valence electrons. The summed E-state index contributed by atoms with van der Waals surface area (Å²) in [6.45, 7) is 0. The maximum Gasteiger partial charge on any atom is 0.204 e. The van der Waals surface area contributed by atoms with Gasteiger partial charge in [0.2, 0.25) is 7.28 Å². The van der Waals surface area contributed by atoms with Crippen molar-refractivity contribution in [3.63, 3.8) is 0 Å². The zero-order valence-electron chi connectivity index (χ0n) is 10.3. The minimum Gasteiger partial charge on any atom is -0.497 e. The number of hydrogen-bond donors (Lipinski definition) is 0. The van der Waals surface area contributed by atoms with Crippen LogP contribution in [0.15, 0.2) is 24.3 Å². The van der Waals surface area contributed by atoms with Gasteiger partial charge in [0, 0.05) is 18.2 Å². The van der Waals surface area contributed by atoms with E-state index >= 15 is 0 Å². The van der Waals surface area contributed by atoms with E-state index in [1.54, 1.807) is 0 Å². The van der Waals surface area contributed by atoms with Crippen molar-refractivity contribution in [3.05, 3.63) is 53.4 Å². The molecule has 0 saturated carbocycles. The standard InChI is InChI=1S/C13H8BF5O/c1-20-7-4-9(16)12(10(17)5-7)14-8-2-6(15)3-11(18)13(8)19/h2-5,14H,1H3. The van der Waals surface area contributed by atoms with Crippen LogP contribution in [-0.2, 0) is 0 Å². The van der Waals surface area contributed by atoms with Crippen molar-refractivity contribution in [2.75, 3.05) is 7.11 Å². The predicted molar refractivity (Wildman–Crippen MR) is 65.6 cm³/mol. The maximum absolute atomic E-state index is 13.7. The average molecular weight is 286 g/mol. The molecule has 0 aliphatic heterocycles. The van der Waals surface area contributed by atoms with Gasteiger partial charge in [-0.3, -0.25) is 0 Å². The number of benzene rings is 2. The zero-order valence-corrected chi connectivity index (χ0v) is 10.3. The third-order valence-electron chi connectivity index (χ3n) is 2.79. The van der Waals surface area contributed by atoms with Crippen LogP contribution in [0.4, 0.5) is 22.0 Å². The molecule has 2 rings (SSSR count). The highest BCUT2D eigenvalue weighted by molar-refractivity contribution is 6.67. The molecule has 0 N–H and O–H groups in total. The van der Waals surface area contributed by atoms with Crippen molar-refractivity contribution < 1.29 is 26.7 Å². The van der Waals surface area contributed by atoms with Crippen LogP contribution in [0.2, 0.25) is 0 Å². The van der Waals surface area contributed by atoms with E-state index < -0.39 is 47.3 Å². The lowest BCUT2D eigenvalue weighted by Crippen LogP contribution is -2.35. The molecular weight excluding hydrogens is 278 g/mol. The monoisotopic (exact) mass is 286 g/mol. The van der Waals surface area contributed by atoms with E-state index in [1.807, 2.05) is 0 Å². The molecule has 0 aromatic heterocycles. The molecule has 0 fully saturated rings. The summed E-state index contributed by atoms with van der Waals surface area (Å²) >= 11 is 0. The first-order valence-corrected chi connectivity index (χ1v) is 5.57. The summed E-state index contributed by atoms with van der Waals surface area (Å²) in [7, 11) is 0.623. The third-order valence-corrected chi connectivity index (χ3v) is 2.79. The lowest BCUT2D eigenvalue weighted by Gasteiger charge is -2.08. The molecule has 20 heavy (non-hydrogen) atoms. The Bertz CT molecular complexity index is 636. The number of methoxy groups -OCH3 is 1. The van der Waals surface area contributed by atoms with Crippen LogP contribution in [0.3, 0.4) is 0 Å². The highest BCUT2D eigenvalue weighted by Crippen LogP contribution is 2.13. The van der Waals surface area contributed by atoms with Gasteiger partial charge in [-0.05, 0) is 17.0 Å². The average Bonchev–Trinajstić information content (AvgIpc) is 2.38.